The van der Waals surface area contributed by atoms with E-state index in [-0.39, 0.29) is 21.3 Å². The molecular formula is C18H14BrF3N4O3S. The van der Waals surface area contributed by atoms with E-state index >= 15 is 0 Å². The van der Waals surface area contributed by atoms with Gasteiger partial charge in [-0.25, -0.2) is 4.79 Å². The standard InChI is InChI=1S/C18H14BrF3N4O3S/c1-2-30-14-4-3-9(8-23)5-11(14)16(27)25-26-29-17(28)12-6-10(18(20,21)22)7-13(19)15(12)24/h3-7,26H,2,24H2,1H3,(H,25,27). The summed E-state index contributed by atoms with van der Waals surface area (Å²) in [6.45, 7) is 1.88. The molecule has 2 rings (SSSR count). The number of hydrogen-bond donors (Lipinski definition) is 3. The Kier molecular flexibility index (Phi) is 7.71. The van der Waals surface area contributed by atoms with Crippen LogP contribution >= 0.6 is 27.7 Å². The molecule has 0 unspecified atom stereocenters. The molecule has 0 aliphatic carbocycles. The first-order valence-electron chi connectivity index (χ1n) is 8.18. The molecule has 12 heteroatoms. The summed E-state index contributed by atoms with van der Waals surface area (Å²) >= 11 is 4.22. The van der Waals surface area contributed by atoms with E-state index in [9.17, 15) is 22.8 Å². The number of nitriles is 1. The van der Waals surface area contributed by atoms with Gasteiger partial charge in [0.15, 0.2) is 0 Å². The number of alkyl halides is 3. The maximum absolute atomic E-state index is 12.9. The molecule has 0 aromatic heterocycles. The number of nitrogen functional groups attached to an aromatic ring is 1. The lowest BCUT2D eigenvalue weighted by Crippen LogP contribution is -2.39. The second-order valence-electron chi connectivity index (χ2n) is 5.62. The molecule has 0 atom stereocenters. The van der Waals surface area contributed by atoms with Crippen LogP contribution in [0.3, 0.4) is 0 Å². The second-order valence-corrected chi connectivity index (χ2v) is 7.78. The average Bonchev–Trinajstić information content (AvgIpc) is 2.69. The van der Waals surface area contributed by atoms with Crippen molar-refractivity contribution in [3.63, 3.8) is 0 Å². The molecule has 158 valence electrons. The average molecular weight is 503 g/mol. The van der Waals surface area contributed by atoms with Crippen LogP contribution in [0.25, 0.3) is 0 Å². The van der Waals surface area contributed by atoms with Crippen LogP contribution in [0.2, 0.25) is 0 Å². The van der Waals surface area contributed by atoms with E-state index in [1.54, 1.807) is 12.1 Å². The molecule has 0 saturated carbocycles. The van der Waals surface area contributed by atoms with Crippen molar-refractivity contribution >= 4 is 45.3 Å². The summed E-state index contributed by atoms with van der Waals surface area (Å²) in [6.07, 6.45) is -4.70. The Morgan fingerprint density at radius 1 is 1.27 bits per heavy atom. The zero-order valence-electron chi connectivity index (χ0n) is 15.3. The van der Waals surface area contributed by atoms with Gasteiger partial charge in [0, 0.05) is 9.37 Å². The van der Waals surface area contributed by atoms with Crippen molar-refractivity contribution < 1.29 is 27.6 Å². The number of hydrazine groups is 1. The number of thioether (sulfide) groups is 1. The maximum Gasteiger partial charge on any atom is 0.416 e. The highest BCUT2D eigenvalue weighted by molar-refractivity contribution is 9.10. The van der Waals surface area contributed by atoms with Crippen LogP contribution in [0.15, 0.2) is 39.7 Å². The topological polar surface area (TPSA) is 117 Å². The highest BCUT2D eigenvalue weighted by Crippen LogP contribution is 2.35. The van der Waals surface area contributed by atoms with E-state index in [0.717, 1.165) is 6.07 Å². The lowest BCUT2D eigenvalue weighted by molar-refractivity contribution is -0.137. The molecule has 0 bridgehead atoms. The van der Waals surface area contributed by atoms with Crippen molar-refractivity contribution in [3.05, 3.63) is 57.1 Å². The van der Waals surface area contributed by atoms with Crippen LogP contribution in [-0.2, 0) is 11.0 Å². The fraction of sp³-hybridized carbons (Fsp3) is 0.167. The zero-order chi connectivity index (χ0) is 22.5. The predicted molar refractivity (Wildman–Crippen MR) is 107 cm³/mol. The van der Waals surface area contributed by atoms with E-state index < -0.39 is 29.2 Å². The Hall–Kier alpha value is -2.75. The first-order chi connectivity index (χ1) is 14.1. The molecule has 0 aliphatic rings. The SMILES string of the molecule is CCSc1ccc(C#N)cc1C(=O)NNOC(=O)c1cc(C(F)(F)F)cc(Br)c1N. The van der Waals surface area contributed by atoms with Crippen molar-refractivity contribution in [1.82, 2.24) is 11.0 Å². The minimum absolute atomic E-state index is 0.136. The summed E-state index contributed by atoms with van der Waals surface area (Å²) in [7, 11) is 0. The van der Waals surface area contributed by atoms with Crippen molar-refractivity contribution in [3.8, 4) is 6.07 Å². The van der Waals surface area contributed by atoms with Gasteiger partial charge in [0.25, 0.3) is 5.91 Å². The van der Waals surface area contributed by atoms with Crippen LogP contribution in [0.1, 0.15) is 38.8 Å². The van der Waals surface area contributed by atoms with Gasteiger partial charge in [-0.15, -0.1) is 11.8 Å². The molecule has 30 heavy (non-hydrogen) atoms. The summed E-state index contributed by atoms with van der Waals surface area (Å²) in [5.41, 5.74) is 8.14. The largest absolute Gasteiger partial charge is 0.416 e. The first-order valence-corrected chi connectivity index (χ1v) is 9.96. The van der Waals surface area contributed by atoms with Crippen molar-refractivity contribution in [2.75, 3.05) is 11.5 Å². The molecular weight excluding hydrogens is 489 g/mol. The Morgan fingerprint density at radius 2 is 1.97 bits per heavy atom. The Labute approximate surface area is 181 Å². The summed E-state index contributed by atoms with van der Waals surface area (Å²) < 4.78 is 38.7. The smallest absolute Gasteiger partial charge is 0.397 e. The number of nitrogens with zero attached hydrogens (tertiary/aromatic N) is 1. The van der Waals surface area contributed by atoms with Gasteiger partial charge in [-0.05, 0) is 52.0 Å². The third-order valence-corrected chi connectivity index (χ3v) is 5.25. The highest BCUT2D eigenvalue weighted by atomic mass is 79.9. The van der Waals surface area contributed by atoms with Gasteiger partial charge >= 0.3 is 12.1 Å². The van der Waals surface area contributed by atoms with E-state index in [1.807, 2.05) is 18.6 Å². The Bertz CT molecular complexity index is 1020. The minimum atomic E-state index is -4.70. The number of benzene rings is 2. The third kappa shape index (κ3) is 5.65. The zero-order valence-corrected chi connectivity index (χ0v) is 17.7. The summed E-state index contributed by atoms with van der Waals surface area (Å²) in [5, 5.41) is 9.00. The van der Waals surface area contributed by atoms with Crippen LogP contribution in [-0.4, -0.2) is 17.6 Å². The van der Waals surface area contributed by atoms with Crippen molar-refractivity contribution in [2.45, 2.75) is 18.0 Å². The van der Waals surface area contributed by atoms with Crippen LogP contribution in [0.4, 0.5) is 18.9 Å². The molecule has 0 heterocycles. The van der Waals surface area contributed by atoms with Crippen molar-refractivity contribution in [1.29, 1.82) is 5.26 Å². The number of hydrogen-bond acceptors (Lipinski definition) is 7. The van der Waals surface area contributed by atoms with Gasteiger partial charge in [-0.1, -0.05) is 12.5 Å². The Morgan fingerprint density at radius 3 is 2.57 bits per heavy atom. The lowest BCUT2D eigenvalue weighted by atomic mass is 10.1. The van der Waals surface area contributed by atoms with Gasteiger partial charge in [-0.3, -0.25) is 10.2 Å². The second kappa shape index (κ2) is 9.84. The molecule has 4 N–H and O–H groups in total. The molecule has 0 fully saturated rings. The summed E-state index contributed by atoms with van der Waals surface area (Å²) in [4.78, 5) is 29.7. The molecule has 0 saturated heterocycles. The highest BCUT2D eigenvalue weighted by Gasteiger charge is 2.33. The molecule has 2 aromatic carbocycles. The molecule has 0 radical (unpaired) electrons. The molecule has 1 amide bonds. The summed E-state index contributed by atoms with van der Waals surface area (Å²) in [5.74, 6) is -1.29. The van der Waals surface area contributed by atoms with E-state index in [4.69, 9.17) is 11.0 Å². The number of nitrogens with two attached hydrogens (primary N) is 1. The van der Waals surface area contributed by atoms with E-state index in [0.29, 0.717) is 16.7 Å². The number of nitrogens with one attached hydrogen (secondary N) is 2. The number of halogens is 4. The van der Waals surface area contributed by atoms with Crippen LogP contribution in [0.5, 0.6) is 0 Å². The number of carbonyl (C=O) groups excluding carboxylic acids is 2. The van der Waals surface area contributed by atoms with Crippen LogP contribution < -0.4 is 16.7 Å². The van der Waals surface area contributed by atoms with Gasteiger partial charge in [-0.2, -0.15) is 18.4 Å². The quantitative estimate of drug-likeness (QED) is 0.310. The van der Waals surface area contributed by atoms with Gasteiger partial charge in [0.05, 0.1) is 34.0 Å². The van der Waals surface area contributed by atoms with Gasteiger partial charge < -0.3 is 10.6 Å². The van der Waals surface area contributed by atoms with Gasteiger partial charge in [0.2, 0.25) is 0 Å². The maximum atomic E-state index is 12.9. The molecule has 2 aromatic rings. The third-order valence-electron chi connectivity index (χ3n) is 3.64. The minimum Gasteiger partial charge on any atom is -0.397 e. The Balaban J connectivity index is 2.13. The molecule has 0 spiro atoms. The van der Waals surface area contributed by atoms with E-state index in [1.165, 1.54) is 17.8 Å². The molecule has 0 aliphatic heterocycles. The number of rotatable bonds is 6. The normalized spacial score (nSPS) is 10.9. The number of carbonyl (C=O) groups is 2. The fourth-order valence-electron chi connectivity index (χ4n) is 2.25. The number of anilines is 1. The fourth-order valence-corrected chi connectivity index (χ4v) is 3.49. The lowest BCUT2D eigenvalue weighted by Gasteiger charge is -2.13. The first kappa shape index (κ1) is 23.5. The summed E-state index contributed by atoms with van der Waals surface area (Å²) in [6, 6.07) is 7.70. The van der Waals surface area contributed by atoms with Crippen molar-refractivity contribution in [2.24, 2.45) is 0 Å². The molecule has 7 nitrogen and oxygen atoms in total. The predicted octanol–water partition coefficient (Wildman–Crippen LogP) is 4.04. The van der Waals surface area contributed by atoms with Crippen LogP contribution in [0, 0.1) is 11.3 Å². The van der Waals surface area contributed by atoms with E-state index in [2.05, 4.69) is 26.2 Å². The number of amides is 1. The van der Waals surface area contributed by atoms with Gasteiger partial charge in [0.1, 0.15) is 0 Å². The monoisotopic (exact) mass is 502 g/mol.